The third-order valence-electron chi connectivity index (χ3n) is 5.71. The van der Waals surface area contributed by atoms with Crippen molar-refractivity contribution in [2.24, 2.45) is 0 Å². The number of hydrogen-bond acceptors (Lipinski definition) is 3. The second kappa shape index (κ2) is 6.41. The van der Waals surface area contributed by atoms with E-state index in [1.165, 1.54) is 0 Å². The summed E-state index contributed by atoms with van der Waals surface area (Å²) < 4.78 is 0. The first-order chi connectivity index (χ1) is 14.1. The number of carbonyl (C=O) groups is 3. The molecule has 142 valence electrons. The van der Waals surface area contributed by atoms with E-state index < -0.39 is 17.9 Å². The summed E-state index contributed by atoms with van der Waals surface area (Å²) in [6, 6.07) is 21.3. The van der Waals surface area contributed by atoms with Crippen LogP contribution in [0.1, 0.15) is 44.8 Å². The molecule has 5 nitrogen and oxygen atoms in total. The van der Waals surface area contributed by atoms with Crippen molar-refractivity contribution in [1.82, 2.24) is 10.2 Å². The van der Waals surface area contributed by atoms with Gasteiger partial charge < -0.3 is 5.32 Å². The zero-order valence-corrected chi connectivity index (χ0v) is 15.8. The second-order valence-electron chi connectivity index (χ2n) is 7.32. The largest absolute Gasteiger partial charge is 0.343 e. The number of nitrogens with zero attached hydrogens (tertiary/aromatic N) is 1. The molecule has 29 heavy (non-hydrogen) atoms. The molecule has 5 heteroatoms. The lowest BCUT2D eigenvalue weighted by atomic mass is 10.0. The van der Waals surface area contributed by atoms with Gasteiger partial charge in [0, 0.05) is 0 Å². The molecule has 5 rings (SSSR count). The zero-order chi connectivity index (χ0) is 20.1. The van der Waals surface area contributed by atoms with Gasteiger partial charge >= 0.3 is 0 Å². The number of rotatable bonds is 3. The highest BCUT2D eigenvalue weighted by Gasteiger charge is 2.41. The molecule has 1 aliphatic heterocycles. The molecule has 3 aromatic carbocycles. The Labute approximate surface area is 168 Å². The Hall–Kier alpha value is -3.73. The highest BCUT2D eigenvalue weighted by atomic mass is 16.2. The van der Waals surface area contributed by atoms with Crippen molar-refractivity contribution < 1.29 is 14.4 Å². The van der Waals surface area contributed by atoms with E-state index in [4.69, 9.17) is 0 Å². The van der Waals surface area contributed by atoms with Gasteiger partial charge in [-0.15, -0.1) is 0 Å². The molecule has 0 radical (unpaired) electrons. The van der Waals surface area contributed by atoms with Crippen LogP contribution in [-0.2, 0) is 4.79 Å². The van der Waals surface area contributed by atoms with Gasteiger partial charge in [0.2, 0.25) is 5.91 Å². The van der Waals surface area contributed by atoms with Crippen LogP contribution in [0.15, 0.2) is 72.8 Å². The van der Waals surface area contributed by atoms with Crippen LogP contribution in [0.25, 0.3) is 11.1 Å². The Morgan fingerprint density at radius 1 is 0.759 bits per heavy atom. The van der Waals surface area contributed by atoms with Crippen LogP contribution < -0.4 is 5.32 Å². The zero-order valence-electron chi connectivity index (χ0n) is 15.8. The molecule has 0 saturated heterocycles. The quantitative estimate of drug-likeness (QED) is 0.705. The lowest BCUT2D eigenvalue weighted by Gasteiger charge is -2.24. The Kier molecular flexibility index (Phi) is 3.84. The van der Waals surface area contributed by atoms with E-state index in [-0.39, 0.29) is 11.9 Å². The number of amides is 3. The molecule has 1 atom stereocenters. The molecule has 0 fully saturated rings. The van der Waals surface area contributed by atoms with Crippen LogP contribution in [0.4, 0.5) is 0 Å². The minimum absolute atomic E-state index is 0.312. The Bertz CT molecular complexity index is 1100. The second-order valence-corrected chi connectivity index (χ2v) is 7.32. The topological polar surface area (TPSA) is 66.5 Å². The molecule has 3 aromatic rings. The van der Waals surface area contributed by atoms with Gasteiger partial charge in [-0.05, 0) is 41.3 Å². The number of carbonyl (C=O) groups excluding carboxylic acids is 3. The molecule has 0 spiro atoms. The summed E-state index contributed by atoms with van der Waals surface area (Å²) >= 11 is 0. The van der Waals surface area contributed by atoms with E-state index in [1.807, 2.05) is 48.5 Å². The summed E-state index contributed by atoms with van der Waals surface area (Å²) in [5, 5.41) is 3.05. The molecule has 0 bridgehead atoms. The number of imide groups is 1. The van der Waals surface area contributed by atoms with Gasteiger partial charge in [-0.25, -0.2) is 0 Å². The van der Waals surface area contributed by atoms with Crippen LogP contribution in [0, 0.1) is 0 Å². The third kappa shape index (κ3) is 2.51. The highest BCUT2D eigenvalue weighted by Crippen LogP contribution is 2.43. The van der Waals surface area contributed by atoms with Crippen LogP contribution in [0.3, 0.4) is 0 Å². The van der Waals surface area contributed by atoms with Crippen LogP contribution in [-0.4, -0.2) is 28.7 Å². The SMILES string of the molecule is C[C@H](C(=O)NC1c2ccccc2-c2ccccc21)N1C(=O)c2ccccc2C1=O. The van der Waals surface area contributed by atoms with E-state index in [1.54, 1.807) is 31.2 Å². The van der Waals surface area contributed by atoms with E-state index in [0.717, 1.165) is 27.2 Å². The maximum atomic E-state index is 13.1. The average molecular weight is 382 g/mol. The van der Waals surface area contributed by atoms with Crippen molar-refractivity contribution in [3.63, 3.8) is 0 Å². The van der Waals surface area contributed by atoms with E-state index in [9.17, 15) is 14.4 Å². The molecule has 1 N–H and O–H groups in total. The maximum absolute atomic E-state index is 13.1. The first kappa shape index (κ1) is 17.4. The lowest BCUT2D eigenvalue weighted by Crippen LogP contribution is -2.48. The standard InChI is InChI=1S/C24H18N2O3/c1-14(26-23(28)19-12-6-7-13-20(19)24(26)29)22(27)25-21-17-10-4-2-8-15(17)16-9-3-5-11-18(16)21/h2-14,21H,1H3,(H,25,27)/t14-/m1/s1. The van der Waals surface area contributed by atoms with Gasteiger partial charge in [-0.3, -0.25) is 19.3 Å². The molecular formula is C24H18N2O3. The van der Waals surface area contributed by atoms with Crippen molar-refractivity contribution >= 4 is 17.7 Å². The fourth-order valence-electron chi connectivity index (χ4n) is 4.25. The number of nitrogens with one attached hydrogen (secondary N) is 1. The summed E-state index contributed by atoms with van der Waals surface area (Å²) in [7, 11) is 0. The molecule has 1 aliphatic carbocycles. The monoisotopic (exact) mass is 382 g/mol. The molecule has 3 amide bonds. The number of fused-ring (bicyclic) bond motifs is 4. The molecule has 0 unspecified atom stereocenters. The van der Waals surface area contributed by atoms with Crippen LogP contribution >= 0.6 is 0 Å². The maximum Gasteiger partial charge on any atom is 0.262 e. The summed E-state index contributed by atoms with van der Waals surface area (Å²) in [6.45, 7) is 1.59. The van der Waals surface area contributed by atoms with Crippen LogP contribution in [0.2, 0.25) is 0 Å². The predicted molar refractivity (Wildman–Crippen MR) is 108 cm³/mol. The van der Waals surface area contributed by atoms with E-state index in [2.05, 4.69) is 5.32 Å². The molecular weight excluding hydrogens is 364 g/mol. The van der Waals surface area contributed by atoms with E-state index >= 15 is 0 Å². The minimum atomic E-state index is -0.915. The number of benzene rings is 3. The summed E-state index contributed by atoms with van der Waals surface area (Å²) in [6.07, 6.45) is 0. The average Bonchev–Trinajstić information content (AvgIpc) is 3.20. The molecule has 0 aromatic heterocycles. The van der Waals surface area contributed by atoms with Gasteiger partial charge in [0.1, 0.15) is 6.04 Å². The predicted octanol–water partition coefficient (Wildman–Crippen LogP) is 3.56. The van der Waals surface area contributed by atoms with Gasteiger partial charge in [0.15, 0.2) is 0 Å². The normalized spacial score (nSPS) is 15.7. The first-order valence-electron chi connectivity index (χ1n) is 9.53. The third-order valence-corrected chi connectivity index (χ3v) is 5.71. The Morgan fingerprint density at radius 2 is 1.17 bits per heavy atom. The lowest BCUT2D eigenvalue weighted by molar-refractivity contribution is -0.125. The van der Waals surface area contributed by atoms with Gasteiger partial charge in [0.25, 0.3) is 11.8 Å². The number of hydrogen-bond donors (Lipinski definition) is 1. The van der Waals surface area contributed by atoms with Crippen molar-refractivity contribution in [3.8, 4) is 11.1 Å². The summed E-state index contributed by atoms with van der Waals surface area (Å²) in [5.74, 6) is -1.23. The van der Waals surface area contributed by atoms with Crippen molar-refractivity contribution in [3.05, 3.63) is 95.1 Å². The highest BCUT2D eigenvalue weighted by molar-refractivity contribution is 6.22. The van der Waals surface area contributed by atoms with Gasteiger partial charge in [0.05, 0.1) is 17.2 Å². The molecule has 0 saturated carbocycles. The Morgan fingerprint density at radius 3 is 1.66 bits per heavy atom. The first-order valence-corrected chi connectivity index (χ1v) is 9.53. The van der Waals surface area contributed by atoms with Crippen molar-refractivity contribution in [2.45, 2.75) is 19.0 Å². The van der Waals surface area contributed by atoms with Crippen molar-refractivity contribution in [2.75, 3.05) is 0 Å². The van der Waals surface area contributed by atoms with Crippen LogP contribution in [0.5, 0.6) is 0 Å². The van der Waals surface area contributed by atoms with Gasteiger partial charge in [-0.1, -0.05) is 60.7 Å². The minimum Gasteiger partial charge on any atom is -0.343 e. The van der Waals surface area contributed by atoms with E-state index in [0.29, 0.717) is 11.1 Å². The fraction of sp³-hybridized carbons (Fsp3) is 0.125. The van der Waals surface area contributed by atoms with Gasteiger partial charge in [-0.2, -0.15) is 0 Å². The smallest absolute Gasteiger partial charge is 0.262 e. The summed E-state index contributed by atoms with van der Waals surface area (Å²) in [5.41, 5.74) is 4.87. The Balaban J connectivity index is 1.44. The molecule has 2 aliphatic rings. The molecule has 1 heterocycles. The summed E-state index contributed by atoms with van der Waals surface area (Å²) in [4.78, 5) is 39.6. The van der Waals surface area contributed by atoms with Crippen molar-refractivity contribution in [1.29, 1.82) is 0 Å². The fourth-order valence-corrected chi connectivity index (χ4v) is 4.25.